The van der Waals surface area contributed by atoms with Crippen LogP contribution in [0.5, 0.6) is 0 Å². The lowest BCUT2D eigenvalue weighted by molar-refractivity contribution is -0.248. The third-order valence-corrected chi connectivity index (χ3v) is 4.79. The molecule has 2 aliphatic heterocycles. The summed E-state index contributed by atoms with van der Waals surface area (Å²) in [7, 11) is 0. The molecule has 2 unspecified atom stereocenters. The number of aliphatic imine (C=N–C) groups is 1. The molecule has 0 radical (unpaired) electrons. The van der Waals surface area contributed by atoms with Crippen molar-refractivity contribution in [3.05, 3.63) is 35.9 Å². The van der Waals surface area contributed by atoms with Crippen molar-refractivity contribution in [1.29, 1.82) is 0 Å². The Hall–Kier alpha value is -1.93. The van der Waals surface area contributed by atoms with Gasteiger partial charge in [-0.3, -0.25) is 14.6 Å². The summed E-state index contributed by atoms with van der Waals surface area (Å²) in [5.41, 5.74) is -3.34. The zero-order valence-corrected chi connectivity index (χ0v) is 13.8. The summed E-state index contributed by atoms with van der Waals surface area (Å²) in [6.45, 7) is 3.67. The highest BCUT2D eigenvalue weighted by Crippen LogP contribution is 2.38. The lowest BCUT2D eigenvalue weighted by atomic mass is 10.1. The molecule has 0 aromatic heterocycles. The van der Waals surface area contributed by atoms with Crippen LogP contribution < -0.4 is 0 Å². The fourth-order valence-electron chi connectivity index (χ4n) is 3.44. The molecule has 1 fully saturated rings. The molecule has 2 aliphatic rings. The second-order valence-electron chi connectivity index (χ2n) is 6.31. The van der Waals surface area contributed by atoms with Gasteiger partial charge in [-0.2, -0.15) is 13.2 Å². The molecule has 1 amide bonds. The second-order valence-corrected chi connectivity index (χ2v) is 6.31. The van der Waals surface area contributed by atoms with Crippen LogP contribution in [0.15, 0.2) is 35.3 Å². The first-order valence-corrected chi connectivity index (χ1v) is 8.28. The van der Waals surface area contributed by atoms with Crippen molar-refractivity contribution in [2.75, 3.05) is 19.6 Å². The normalized spacial score (nSPS) is 27.9. The van der Waals surface area contributed by atoms with Crippen molar-refractivity contribution in [2.45, 2.75) is 37.7 Å². The number of hydrogen-bond acceptors (Lipinski definition) is 4. The molecule has 1 saturated heterocycles. The van der Waals surface area contributed by atoms with Gasteiger partial charge in [0.15, 0.2) is 0 Å². The van der Waals surface area contributed by atoms with Crippen molar-refractivity contribution in [2.24, 2.45) is 4.99 Å². The SMILES string of the molecule is CCN1CCCC1CN1C(=O)C(O)(C(F)(F)F)N=C1c1ccccc1. The molecule has 3 rings (SSSR count). The van der Waals surface area contributed by atoms with Crippen LogP contribution in [0, 0.1) is 0 Å². The number of likely N-dealkylation sites (N-methyl/N-ethyl adjacent to an activating group) is 1. The number of amidine groups is 1. The monoisotopic (exact) mass is 355 g/mol. The molecule has 0 bridgehead atoms. The van der Waals surface area contributed by atoms with E-state index >= 15 is 0 Å². The predicted octanol–water partition coefficient (Wildman–Crippen LogP) is 2.01. The Morgan fingerprint density at radius 2 is 2.00 bits per heavy atom. The number of benzene rings is 1. The minimum absolute atomic E-state index is 0.0431. The van der Waals surface area contributed by atoms with Gasteiger partial charge in [0.05, 0.1) is 0 Å². The second kappa shape index (κ2) is 6.42. The fraction of sp³-hybridized carbons (Fsp3) is 0.529. The van der Waals surface area contributed by atoms with Gasteiger partial charge in [-0.15, -0.1) is 0 Å². The third kappa shape index (κ3) is 3.04. The third-order valence-electron chi connectivity index (χ3n) is 4.79. The standard InChI is InChI=1S/C17H20F3N3O2/c1-2-22-10-6-9-13(22)11-23-14(12-7-4-3-5-8-12)21-16(25,15(23)24)17(18,19)20/h3-5,7-8,13,25H,2,6,9-11H2,1H3. The summed E-state index contributed by atoms with van der Waals surface area (Å²) in [6, 6.07) is 8.13. The van der Waals surface area contributed by atoms with Crippen LogP contribution in [0.1, 0.15) is 25.3 Å². The van der Waals surface area contributed by atoms with Crippen LogP contribution in [0.4, 0.5) is 13.2 Å². The number of halogens is 3. The number of aliphatic hydroxyl groups is 1. The van der Waals surface area contributed by atoms with Crippen LogP contribution in [0.25, 0.3) is 0 Å². The highest BCUT2D eigenvalue weighted by Gasteiger charge is 2.65. The molecule has 0 spiro atoms. The molecule has 2 atom stereocenters. The Morgan fingerprint density at radius 1 is 1.32 bits per heavy atom. The molecule has 25 heavy (non-hydrogen) atoms. The van der Waals surface area contributed by atoms with E-state index < -0.39 is 17.8 Å². The van der Waals surface area contributed by atoms with Crippen LogP contribution in [-0.2, 0) is 4.79 Å². The van der Waals surface area contributed by atoms with E-state index in [1.165, 1.54) is 0 Å². The van der Waals surface area contributed by atoms with Crippen LogP contribution in [0.3, 0.4) is 0 Å². The first kappa shape index (κ1) is 17.9. The van der Waals surface area contributed by atoms with E-state index in [-0.39, 0.29) is 18.4 Å². The van der Waals surface area contributed by atoms with Gasteiger partial charge in [-0.05, 0) is 25.9 Å². The average molecular weight is 355 g/mol. The first-order valence-electron chi connectivity index (χ1n) is 8.28. The summed E-state index contributed by atoms with van der Waals surface area (Å²) < 4.78 is 39.9. The van der Waals surface area contributed by atoms with E-state index in [0.717, 1.165) is 30.8 Å². The van der Waals surface area contributed by atoms with E-state index in [1.54, 1.807) is 30.3 Å². The van der Waals surface area contributed by atoms with Gasteiger partial charge in [0.2, 0.25) is 0 Å². The molecule has 1 N–H and O–H groups in total. The molecule has 1 aromatic rings. The van der Waals surface area contributed by atoms with Crippen molar-refractivity contribution in [3.8, 4) is 0 Å². The molecule has 0 saturated carbocycles. The highest BCUT2D eigenvalue weighted by molar-refractivity contribution is 6.15. The van der Waals surface area contributed by atoms with E-state index in [2.05, 4.69) is 9.89 Å². The van der Waals surface area contributed by atoms with Crippen molar-refractivity contribution >= 4 is 11.7 Å². The summed E-state index contributed by atoms with van der Waals surface area (Å²) in [6.07, 6.45) is -3.44. The lowest BCUT2D eigenvalue weighted by Crippen LogP contribution is -2.54. The number of carbonyl (C=O) groups excluding carboxylic acids is 1. The molecule has 0 aliphatic carbocycles. The Kier molecular flexibility index (Phi) is 4.59. The average Bonchev–Trinajstić information content (AvgIpc) is 3.13. The number of amides is 1. The molecule has 2 heterocycles. The quantitative estimate of drug-likeness (QED) is 0.899. The van der Waals surface area contributed by atoms with E-state index in [1.807, 2.05) is 6.92 Å². The first-order chi connectivity index (χ1) is 11.8. The molecular formula is C17H20F3N3O2. The topological polar surface area (TPSA) is 56.1 Å². The minimum atomic E-state index is -5.17. The summed E-state index contributed by atoms with van der Waals surface area (Å²) in [5, 5.41) is 9.98. The number of likely N-dealkylation sites (tertiary alicyclic amines) is 1. The zero-order chi connectivity index (χ0) is 18.2. The number of alkyl halides is 3. The van der Waals surface area contributed by atoms with Crippen molar-refractivity contribution < 1.29 is 23.1 Å². The van der Waals surface area contributed by atoms with Gasteiger partial charge in [0.25, 0.3) is 5.91 Å². The smallest absolute Gasteiger partial charge is 0.355 e. The van der Waals surface area contributed by atoms with E-state index in [4.69, 9.17) is 0 Å². The predicted molar refractivity (Wildman–Crippen MR) is 86.0 cm³/mol. The largest absolute Gasteiger partial charge is 0.448 e. The number of hydrogen-bond donors (Lipinski definition) is 1. The van der Waals surface area contributed by atoms with Crippen molar-refractivity contribution in [1.82, 2.24) is 9.80 Å². The molecule has 136 valence electrons. The van der Waals surface area contributed by atoms with Crippen LogP contribution >= 0.6 is 0 Å². The fourth-order valence-corrected chi connectivity index (χ4v) is 3.44. The number of carbonyl (C=O) groups is 1. The van der Waals surface area contributed by atoms with E-state index in [9.17, 15) is 23.1 Å². The lowest BCUT2D eigenvalue weighted by Gasteiger charge is -2.29. The van der Waals surface area contributed by atoms with Gasteiger partial charge >= 0.3 is 11.9 Å². The summed E-state index contributed by atoms with van der Waals surface area (Å²) in [5.74, 6) is -1.56. The molecule has 1 aromatic carbocycles. The van der Waals surface area contributed by atoms with Crippen molar-refractivity contribution in [3.63, 3.8) is 0 Å². The summed E-state index contributed by atoms with van der Waals surface area (Å²) in [4.78, 5) is 19.0. The Balaban J connectivity index is 1.97. The Bertz CT molecular complexity index is 677. The molecular weight excluding hydrogens is 335 g/mol. The Morgan fingerprint density at radius 3 is 2.60 bits per heavy atom. The van der Waals surface area contributed by atoms with Gasteiger partial charge in [0.1, 0.15) is 5.84 Å². The van der Waals surface area contributed by atoms with Crippen LogP contribution in [0.2, 0.25) is 0 Å². The highest BCUT2D eigenvalue weighted by atomic mass is 19.4. The Labute approximate surface area is 143 Å². The van der Waals surface area contributed by atoms with Crippen LogP contribution in [-0.4, -0.2) is 64.2 Å². The minimum Gasteiger partial charge on any atom is -0.355 e. The maximum atomic E-state index is 13.3. The van der Waals surface area contributed by atoms with Gasteiger partial charge in [0, 0.05) is 18.2 Å². The summed E-state index contributed by atoms with van der Waals surface area (Å²) >= 11 is 0. The maximum absolute atomic E-state index is 13.3. The van der Waals surface area contributed by atoms with Gasteiger partial charge < -0.3 is 5.11 Å². The molecule has 5 nitrogen and oxygen atoms in total. The number of nitrogens with zero attached hydrogens (tertiary/aromatic N) is 3. The maximum Gasteiger partial charge on any atom is 0.448 e. The zero-order valence-electron chi connectivity index (χ0n) is 13.8. The van der Waals surface area contributed by atoms with E-state index in [0.29, 0.717) is 5.56 Å². The number of rotatable bonds is 4. The van der Waals surface area contributed by atoms with Gasteiger partial charge in [-0.25, -0.2) is 4.99 Å². The van der Waals surface area contributed by atoms with Gasteiger partial charge in [-0.1, -0.05) is 37.3 Å². The molecule has 8 heteroatoms.